The smallest absolute Gasteiger partial charge is 0.320 e. The maximum atomic E-state index is 10.4. The van der Waals surface area contributed by atoms with Gasteiger partial charge in [-0.15, -0.1) is 0 Å². The second kappa shape index (κ2) is 8.63. The van der Waals surface area contributed by atoms with Gasteiger partial charge in [0.15, 0.2) is 0 Å². The number of likely N-dealkylation sites (N-methyl/N-ethyl adjacent to an activating group) is 1. The van der Waals surface area contributed by atoms with Crippen LogP contribution in [0.25, 0.3) is 0 Å². The van der Waals surface area contributed by atoms with Crippen LogP contribution in [0, 0.1) is 0 Å². The van der Waals surface area contributed by atoms with Crippen LogP contribution in [0.5, 0.6) is 0 Å². The van der Waals surface area contributed by atoms with Gasteiger partial charge in [0, 0.05) is 0 Å². The van der Waals surface area contributed by atoms with E-state index in [4.69, 9.17) is 15.9 Å². The molecule has 0 aliphatic carbocycles. The highest BCUT2D eigenvalue weighted by Gasteiger charge is 2.10. The van der Waals surface area contributed by atoms with Crippen LogP contribution < -0.4 is 5.73 Å². The first kappa shape index (κ1) is 17.6. The van der Waals surface area contributed by atoms with E-state index < -0.39 is 12.0 Å². The van der Waals surface area contributed by atoms with Crippen molar-refractivity contribution in [3.05, 3.63) is 35.9 Å². The van der Waals surface area contributed by atoms with Crippen LogP contribution in [0.2, 0.25) is 0 Å². The molecule has 0 radical (unpaired) electrons. The maximum Gasteiger partial charge on any atom is 0.320 e. The minimum atomic E-state index is -0.959. The molecular weight excluding hydrogens is 244 g/mol. The zero-order chi connectivity index (χ0) is 14.9. The molecule has 0 aliphatic rings. The first-order chi connectivity index (χ1) is 8.76. The molecule has 0 saturated carbocycles. The summed E-state index contributed by atoms with van der Waals surface area (Å²) >= 11 is 0. The number of nitrogens with zero attached hydrogens (tertiary/aromatic N) is 1. The molecule has 0 bridgehead atoms. The molecule has 19 heavy (non-hydrogen) atoms. The van der Waals surface area contributed by atoms with Crippen molar-refractivity contribution in [3.8, 4) is 0 Å². The van der Waals surface area contributed by atoms with Crippen molar-refractivity contribution in [1.29, 1.82) is 0 Å². The van der Waals surface area contributed by atoms with E-state index in [-0.39, 0.29) is 6.61 Å². The van der Waals surface area contributed by atoms with Crippen molar-refractivity contribution in [1.82, 2.24) is 0 Å². The summed E-state index contributed by atoms with van der Waals surface area (Å²) < 4.78 is 0.844. The highest BCUT2D eigenvalue weighted by atomic mass is 16.4. The van der Waals surface area contributed by atoms with Gasteiger partial charge in [-0.1, -0.05) is 30.3 Å². The molecule has 1 rings (SSSR count). The lowest BCUT2D eigenvalue weighted by atomic mass is 10.1. The van der Waals surface area contributed by atoms with E-state index in [1.165, 1.54) is 0 Å². The number of carboxylic acid groups (broad SMARTS) is 1. The Morgan fingerprint density at radius 3 is 2.11 bits per heavy atom. The van der Waals surface area contributed by atoms with E-state index in [0.717, 1.165) is 16.6 Å². The van der Waals surface area contributed by atoms with Crippen molar-refractivity contribution < 1.29 is 19.5 Å². The number of rotatable bonds is 5. The van der Waals surface area contributed by atoms with E-state index in [9.17, 15) is 4.79 Å². The van der Waals surface area contributed by atoms with E-state index in [0.29, 0.717) is 6.42 Å². The molecular formula is C14H25N2O3+. The van der Waals surface area contributed by atoms with Gasteiger partial charge in [0.05, 0.1) is 27.7 Å². The summed E-state index contributed by atoms with van der Waals surface area (Å²) in [6.07, 6.45) is 0.385. The lowest BCUT2D eigenvalue weighted by Crippen LogP contribution is -2.36. The molecule has 4 N–H and O–H groups in total. The molecule has 0 heterocycles. The molecule has 0 spiro atoms. The number of hydrogen-bond donors (Lipinski definition) is 3. The Hall–Kier alpha value is -1.43. The zero-order valence-electron chi connectivity index (χ0n) is 11.9. The van der Waals surface area contributed by atoms with E-state index >= 15 is 0 Å². The molecule has 5 nitrogen and oxygen atoms in total. The average Bonchev–Trinajstić information content (AvgIpc) is 2.29. The van der Waals surface area contributed by atoms with Crippen LogP contribution in [0.1, 0.15) is 5.56 Å². The average molecular weight is 269 g/mol. The third-order valence-corrected chi connectivity index (χ3v) is 2.39. The molecule has 1 aromatic carbocycles. The van der Waals surface area contributed by atoms with Gasteiger partial charge < -0.3 is 20.4 Å². The van der Waals surface area contributed by atoms with Crippen LogP contribution in [-0.2, 0) is 11.2 Å². The fraction of sp³-hybridized carbons (Fsp3) is 0.500. The molecule has 0 fully saturated rings. The second-order valence-corrected chi connectivity index (χ2v) is 5.37. The van der Waals surface area contributed by atoms with Gasteiger partial charge in [-0.2, -0.15) is 0 Å². The Morgan fingerprint density at radius 2 is 1.79 bits per heavy atom. The van der Waals surface area contributed by atoms with Gasteiger partial charge in [0.1, 0.15) is 12.6 Å². The largest absolute Gasteiger partial charge is 0.480 e. The Kier molecular flexibility index (Phi) is 7.98. The van der Waals surface area contributed by atoms with Gasteiger partial charge >= 0.3 is 5.97 Å². The number of hydrogen-bond acceptors (Lipinski definition) is 3. The predicted octanol–water partition coefficient (Wildman–Crippen LogP) is 0.326. The number of benzene rings is 1. The van der Waals surface area contributed by atoms with Crippen molar-refractivity contribution in [2.45, 2.75) is 12.5 Å². The highest BCUT2D eigenvalue weighted by Crippen LogP contribution is 2.01. The SMILES string of the molecule is C[N+](C)(C)CCO.NC(Cc1ccccc1)C(=O)O. The molecule has 1 unspecified atom stereocenters. The Bertz CT molecular complexity index is 361. The third kappa shape index (κ3) is 10.2. The molecule has 0 saturated heterocycles. The summed E-state index contributed by atoms with van der Waals surface area (Å²) in [6, 6.07) is 8.54. The molecule has 0 aliphatic heterocycles. The standard InChI is InChI=1S/C9H11NO2.C5H14NO/c10-8(9(11)12)6-7-4-2-1-3-5-7;1-6(2,3)4-5-7/h1-5,8H,6,10H2,(H,11,12);7H,4-5H2,1-3H3/q;+1. The van der Waals surface area contributed by atoms with E-state index in [2.05, 4.69) is 21.1 Å². The summed E-state index contributed by atoms with van der Waals surface area (Å²) in [7, 11) is 6.16. The van der Waals surface area contributed by atoms with E-state index in [1.807, 2.05) is 30.3 Å². The summed E-state index contributed by atoms with van der Waals surface area (Å²) in [5, 5.41) is 16.9. The minimum absolute atomic E-state index is 0.281. The zero-order valence-corrected chi connectivity index (χ0v) is 11.9. The first-order valence-corrected chi connectivity index (χ1v) is 6.20. The van der Waals surface area contributed by atoms with Crippen molar-refractivity contribution in [2.75, 3.05) is 34.3 Å². The maximum absolute atomic E-state index is 10.4. The van der Waals surface area contributed by atoms with Gasteiger partial charge in [0.25, 0.3) is 0 Å². The second-order valence-electron chi connectivity index (χ2n) is 5.37. The topological polar surface area (TPSA) is 83.5 Å². The van der Waals surface area contributed by atoms with Gasteiger partial charge in [0.2, 0.25) is 0 Å². The number of carboxylic acids is 1. The van der Waals surface area contributed by atoms with Crippen LogP contribution >= 0.6 is 0 Å². The monoisotopic (exact) mass is 269 g/mol. The fourth-order valence-corrected chi connectivity index (χ4v) is 1.26. The Labute approximate surface area is 114 Å². The fourth-order valence-electron chi connectivity index (χ4n) is 1.26. The predicted molar refractivity (Wildman–Crippen MR) is 75.7 cm³/mol. The van der Waals surface area contributed by atoms with Crippen molar-refractivity contribution in [3.63, 3.8) is 0 Å². The number of aliphatic hydroxyl groups excluding tert-OH is 1. The first-order valence-electron chi connectivity index (χ1n) is 6.20. The van der Waals surface area contributed by atoms with E-state index in [1.54, 1.807) is 0 Å². The molecule has 108 valence electrons. The van der Waals surface area contributed by atoms with Crippen molar-refractivity contribution >= 4 is 5.97 Å². The highest BCUT2D eigenvalue weighted by molar-refractivity contribution is 5.73. The number of aliphatic hydroxyl groups is 1. The summed E-state index contributed by atoms with van der Waals surface area (Å²) in [5.41, 5.74) is 6.30. The van der Waals surface area contributed by atoms with Crippen molar-refractivity contribution in [2.24, 2.45) is 5.73 Å². The third-order valence-electron chi connectivity index (χ3n) is 2.39. The Balaban J connectivity index is 0.000000399. The number of aliphatic carboxylic acids is 1. The summed E-state index contributed by atoms with van der Waals surface area (Å²) in [4.78, 5) is 10.4. The summed E-state index contributed by atoms with van der Waals surface area (Å²) in [6.45, 7) is 1.11. The number of nitrogens with two attached hydrogens (primary N) is 1. The minimum Gasteiger partial charge on any atom is -0.480 e. The van der Waals surface area contributed by atoms with Crippen LogP contribution in [0.3, 0.4) is 0 Å². The molecule has 1 atom stereocenters. The number of quaternary nitrogens is 1. The number of carbonyl (C=O) groups is 1. The normalized spacial score (nSPS) is 12.3. The lowest BCUT2D eigenvalue weighted by molar-refractivity contribution is -0.870. The van der Waals surface area contributed by atoms with Crippen LogP contribution in [-0.4, -0.2) is 61.0 Å². The summed E-state index contributed by atoms with van der Waals surface area (Å²) in [5.74, 6) is -0.959. The van der Waals surface area contributed by atoms with Gasteiger partial charge in [-0.25, -0.2) is 0 Å². The van der Waals surface area contributed by atoms with Gasteiger partial charge in [-0.05, 0) is 12.0 Å². The molecule has 1 aromatic rings. The van der Waals surface area contributed by atoms with Crippen LogP contribution in [0.15, 0.2) is 30.3 Å². The quantitative estimate of drug-likeness (QED) is 0.673. The molecule has 5 heteroatoms. The van der Waals surface area contributed by atoms with Crippen LogP contribution in [0.4, 0.5) is 0 Å². The van der Waals surface area contributed by atoms with Gasteiger partial charge in [-0.3, -0.25) is 4.79 Å². The molecule has 0 aromatic heterocycles. The Morgan fingerprint density at radius 1 is 1.26 bits per heavy atom. The lowest BCUT2D eigenvalue weighted by Gasteiger charge is -2.21. The molecule has 0 amide bonds.